The van der Waals surface area contributed by atoms with Crippen LogP contribution >= 0.6 is 0 Å². The van der Waals surface area contributed by atoms with Crippen molar-refractivity contribution in [2.24, 2.45) is 0 Å². The number of hydrogen-bond donors (Lipinski definition) is 0. The van der Waals surface area contributed by atoms with Gasteiger partial charge >= 0.3 is 0 Å². The van der Waals surface area contributed by atoms with Gasteiger partial charge in [-0.3, -0.25) is 29.0 Å². The molecule has 0 aromatic carbocycles. The van der Waals surface area contributed by atoms with Gasteiger partial charge < -0.3 is 0 Å². The van der Waals surface area contributed by atoms with Gasteiger partial charge in [0.2, 0.25) is 23.6 Å². The normalized spacial score (nSPS) is 21.9. The van der Waals surface area contributed by atoms with Crippen molar-refractivity contribution in [3.8, 4) is 0 Å². The zero-order valence-electron chi connectivity index (χ0n) is 8.93. The van der Waals surface area contributed by atoms with Crippen LogP contribution in [-0.4, -0.2) is 39.6 Å². The summed E-state index contributed by atoms with van der Waals surface area (Å²) in [6.07, 6.45) is -0.109. The smallest absolute Gasteiger partial charge is 0.231 e. The molecule has 0 aromatic rings. The van der Waals surface area contributed by atoms with E-state index < -0.39 is 6.17 Å². The first kappa shape index (κ1) is 10.8. The zero-order chi connectivity index (χ0) is 11.9. The number of nitrogens with zero attached hydrogens (tertiary/aromatic N) is 2. The van der Waals surface area contributed by atoms with Gasteiger partial charge in [0.05, 0.1) is 0 Å². The molecular formula is C10H12N2O4. The second kappa shape index (κ2) is 3.70. The third kappa shape index (κ3) is 1.50. The number of amides is 4. The van der Waals surface area contributed by atoms with Gasteiger partial charge in [0.1, 0.15) is 6.17 Å². The molecule has 0 unspecified atom stereocenters. The van der Waals surface area contributed by atoms with Crippen molar-refractivity contribution in [1.29, 1.82) is 0 Å². The molecule has 2 fully saturated rings. The molecule has 0 saturated carbocycles. The van der Waals surface area contributed by atoms with E-state index in [2.05, 4.69) is 0 Å². The fourth-order valence-electron chi connectivity index (χ4n) is 2.14. The molecule has 86 valence electrons. The number of imide groups is 2. The quantitative estimate of drug-likeness (QED) is 0.600. The van der Waals surface area contributed by atoms with Crippen LogP contribution in [0.2, 0.25) is 0 Å². The van der Waals surface area contributed by atoms with E-state index in [1.165, 1.54) is 6.92 Å². The van der Waals surface area contributed by atoms with Gasteiger partial charge in [0.15, 0.2) is 0 Å². The molecule has 16 heavy (non-hydrogen) atoms. The molecule has 0 spiro atoms. The summed E-state index contributed by atoms with van der Waals surface area (Å²) in [6, 6.07) is 0. The van der Waals surface area contributed by atoms with E-state index in [9.17, 15) is 19.2 Å². The molecule has 2 aliphatic heterocycles. The minimum absolute atomic E-state index is 0.166. The molecule has 2 aliphatic rings. The Morgan fingerprint density at radius 2 is 1.00 bits per heavy atom. The Morgan fingerprint density at radius 3 is 1.25 bits per heavy atom. The third-order valence-corrected chi connectivity index (χ3v) is 2.93. The summed E-state index contributed by atoms with van der Waals surface area (Å²) >= 11 is 0. The predicted molar refractivity (Wildman–Crippen MR) is 51.6 cm³/mol. The largest absolute Gasteiger partial charge is 0.274 e. The van der Waals surface area contributed by atoms with Gasteiger partial charge in [-0.15, -0.1) is 0 Å². The Labute approximate surface area is 92.2 Å². The molecule has 4 amide bonds. The van der Waals surface area contributed by atoms with Gasteiger partial charge in [-0.2, -0.15) is 0 Å². The Balaban J connectivity index is 2.21. The molecule has 2 saturated heterocycles. The van der Waals surface area contributed by atoms with Crippen LogP contribution in [0.15, 0.2) is 0 Å². The molecule has 6 nitrogen and oxygen atoms in total. The molecule has 0 bridgehead atoms. The number of rotatable bonds is 2. The molecule has 6 heteroatoms. The Hall–Kier alpha value is -1.72. The van der Waals surface area contributed by atoms with Gasteiger partial charge in [-0.05, 0) is 6.92 Å². The van der Waals surface area contributed by atoms with Gasteiger partial charge in [0.25, 0.3) is 0 Å². The minimum Gasteiger partial charge on any atom is -0.274 e. The van der Waals surface area contributed by atoms with Crippen molar-refractivity contribution in [3.05, 3.63) is 0 Å². The Kier molecular flexibility index (Phi) is 2.49. The minimum atomic E-state index is -0.773. The van der Waals surface area contributed by atoms with Crippen LogP contribution in [0.5, 0.6) is 0 Å². The summed E-state index contributed by atoms with van der Waals surface area (Å²) in [4.78, 5) is 47.8. The lowest BCUT2D eigenvalue weighted by atomic mass is 10.4. The Bertz CT molecular complexity index is 322. The molecule has 0 radical (unpaired) electrons. The van der Waals surface area contributed by atoms with E-state index in [1.54, 1.807) is 0 Å². The summed E-state index contributed by atoms with van der Waals surface area (Å²) in [5, 5.41) is 0. The van der Waals surface area contributed by atoms with Crippen LogP contribution in [-0.2, 0) is 19.2 Å². The van der Waals surface area contributed by atoms with Gasteiger partial charge in [0, 0.05) is 25.7 Å². The SMILES string of the molecule is CC(N1C(=O)CCC1=O)N1C(=O)CCC1=O. The fraction of sp³-hybridized carbons (Fsp3) is 0.600. The fourth-order valence-corrected chi connectivity index (χ4v) is 2.14. The second-order valence-electron chi connectivity index (χ2n) is 3.95. The first-order valence-electron chi connectivity index (χ1n) is 5.22. The van der Waals surface area contributed by atoms with Gasteiger partial charge in [-0.25, -0.2) is 0 Å². The number of hydrogen-bond acceptors (Lipinski definition) is 4. The molecule has 0 N–H and O–H groups in total. The number of carbonyl (C=O) groups is 4. The van der Waals surface area contributed by atoms with Crippen molar-refractivity contribution in [2.75, 3.05) is 0 Å². The summed E-state index contributed by atoms with van der Waals surface area (Å²) in [6.45, 7) is 1.53. The van der Waals surface area contributed by atoms with E-state index in [1.807, 2.05) is 0 Å². The summed E-state index contributed by atoms with van der Waals surface area (Å²) < 4.78 is 0. The molecule has 0 aromatic heterocycles. The standard InChI is InChI=1S/C10H12N2O4/c1-6(11-7(13)2-3-8(11)14)12-9(15)4-5-10(12)16/h6H,2-5H2,1H3. The average Bonchev–Trinajstić information content (AvgIpc) is 2.71. The van der Waals surface area contributed by atoms with Crippen molar-refractivity contribution < 1.29 is 19.2 Å². The van der Waals surface area contributed by atoms with Crippen LogP contribution in [0.25, 0.3) is 0 Å². The van der Waals surface area contributed by atoms with E-state index in [4.69, 9.17) is 0 Å². The molecular weight excluding hydrogens is 212 g/mol. The van der Waals surface area contributed by atoms with E-state index >= 15 is 0 Å². The van der Waals surface area contributed by atoms with E-state index in [0.29, 0.717) is 0 Å². The highest BCUT2D eigenvalue weighted by molar-refractivity contribution is 6.05. The average molecular weight is 224 g/mol. The van der Waals surface area contributed by atoms with Crippen LogP contribution < -0.4 is 0 Å². The summed E-state index contributed by atoms with van der Waals surface area (Å²) in [5.74, 6) is -1.26. The van der Waals surface area contributed by atoms with Crippen LogP contribution in [0, 0.1) is 0 Å². The number of carbonyl (C=O) groups excluding carboxylic acids is 4. The topological polar surface area (TPSA) is 74.8 Å². The zero-order valence-corrected chi connectivity index (χ0v) is 8.93. The van der Waals surface area contributed by atoms with Gasteiger partial charge in [-0.1, -0.05) is 0 Å². The second-order valence-corrected chi connectivity index (χ2v) is 3.95. The molecule has 2 heterocycles. The molecule has 0 aliphatic carbocycles. The van der Waals surface area contributed by atoms with Crippen LogP contribution in [0.1, 0.15) is 32.6 Å². The van der Waals surface area contributed by atoms with Crippen molar-refractivity contribution in [3.63, 3.8) is 0 Å². The first-order valence-corrected chi connectivity index (χ1v) is 5.22. The van der Waals surface area contributed by atoms with Crippen LogP contribution in [0.3, 0.4) is 0 Å². The monoisotopic (exact) mass is 224 g/mol. The highest BCUT2D eigenvalue weighted by atomic mass is 16.2. The first-order chi connectivity index (χ1) is 7.52. The third-order valence-electron chi connectivity index (χ3n) is 2.93. The van der Waals surface area contributed by atoms with Crippen LogP contribution in [0.4, 0.5) is 0 Å². The summed E-state index contributed by atoms with van der Waals surface area (Å²) in [5.41, 5.74) is 0. The molecule has 2 rings (SSSR count). The highest BCUT2D eigenvalue weighted by Crippen LogP contribution is 2.22. The van der Waals surface area contributed by atoms with Crippen molar-refractivity contribution in [2.45, 2.75) is 38.8 Å². The highest BCUT2D eigenvalue weighted by Gasteiger charge is 2.41. The lowest BCUT2D eigenvalue weighted by Gasteiger charge is -2.29. The summed E-state index contributed by atoms with van der Waals surface area (Å²) in [7, 11) is 0. The Morgan fingerprint density at radius 1 is 0.750 bits per heavy atom. The maximum absolute atomic E-state index is 11.5. The lowest BCUT2D eigenvalue weighted by Crippen LogP contribution is -2.51. The number of likely N-dealkylation sites (tertiary alicyclic amines) is 2. The van der Waals surface area contributed by atoms with E-state index in [0.717, 1.165) is 9.80 Å². The van der Waals surface area contributed by atoms with Crippen molar-refractivity contribution in [1.82, 2.24) is 9.80 Å². The molecule has 0 atom stereocenters. The lowest BCUT2D eigenvalue weighted by molar-refractivity contribution is -0.152. The predicted octanol–water partition coefficient (Wildman–Crippen LogP) is -0.370. The van der Waals surface area contributed by atoms with Crippen molar-refractivity contribution >= 4 is 23.6 Å². The van der Waals surface area contributed by atoms with E-state index in [-0.39, 0.29) is 49.3 Å². The maximum Gasteiger partial charge on any atom is 0.231 e. The maximum atomic E-state index is 11.5.